The molecule has 1 heterocycles. The number of halogens is 1. The van der Waals surface area contributed by atoms with Crippen molar-refractivity contribution in [2.24, 2.45) is 0 Å². The molecule has 0 radical (unpaired) electrons. The van der Waals surface area contributed by atoms with E-state index in [0.29, 0.717) is 15.9 Å². The number of aliphatic hydroxyl groups is 1. The monoisotopic (exact) mass is 225 g/mol. The van der Waals surface area contributed by atoms with Crippen molar-refractivity contribution in [3.8, 4) is 0 Å². The molecule has 0 saturated heterocycles. The Kier molecular flexibility index (Phi) is 2.38. The number of hydrogen-bond donors (Lipinski definition) is 3. The van der Waals surface area contributed by atoms with E-state index in [4.69, 9.17) is 16.7 Å². The molecule has 78 valence electrons. The Morgan fingerprint density at radius 3 is 2.80 bits per heavy atom. The average molecular weight is 226 g/mol. The molecule has 0 aliphatic rings. The number of rotatable bonds is 2. The number of fused-ring (bicyclic) bond motifs is 1. The van der Waals surface area contributed by atoms with Crippen LogP contribution in [0.15, 0.2) is 24.3 Å². The third-order valence-corrected chi connectivity index (χ3v) is 2.49. The number of H-pyrrole nitrogens is 1. The molecule has 5 heteroatoms. The van der Waals surface area contributed by atoms with E-state index in [-0.39, 0.29) is 5.69 Å². The van der Waals surface area contributed by atoms with Gasteiger partial charge < -0.3 is 15.2 Å². The second-order valence-electron chi connectivity index (χ2n) is 3.17. The van der Waals surface area contributed by atoms with Gasteiger partial charge in [-0.05, 0) is 18.2 Å². The lowest BCUT2D eigenvalue weighted by atomic mass is 10.2. The summed E-state index contributed by atoms with van der Waals surface area (Å²) in [4.78, 5) is 13.4. The first-order chi connectivity index (χ1) is 7.09. The quantitative estimate of drug-likeness (QED) is 0.731. The summed E-state index contributed by atoms with van der Waals surface area (Å²) in [6.45, 7) is 0. The summed E-state index contributed by atoms with van der Waals surface area (Å²) in [6, 6.07) is 6.75. The largest absolute Gasteiger partial charge is 0.479 e. The van der Waals surface area contributed by atoms with Crippen LogP contribution in [0.4, 0.5) is 0 Å². The Labute approximate surface area is 90.1 Å². The van der Waals surface area contributed by atoms with Crippen LogP contribution in [0.2, 0.25) is 5.02 Å². The number of carboxylic acids is 1. The number of carboxylic acid groups (broad SMARTS) is 1. The summed E-state index contributed by atoms with van der Waals surface area (Å²) >= 11 is 5.91. The van der Waals surface area contributed by atoms with Crippen LogP contribution in [0.3, 0.4) is 0 Å². The fourth-order valence-electron chi connectivity index (χ4n) is 1.42. The van der Waals surface area contributed by atoms with Crippen molar-refractivity contribution >= 4 is 28.5 Å². The molecule has 2 aromatic rings. The minimum Gasteiger partial charge on any atom is -0.479 e. The van der Waals surface area contributed by atoms with Crippen LogP contribution in [-0.4, -0.2) is 21.2 Å². The van der Waals surface area contributed by atoms with Gasteiger partial charge in [-0.15, -0.1) is 0 Å². The zero-order chi connectivity index (χ0) is 11.0. The predicted octanol–water partition coefficient (Wildman–Crippen LogP) is 1.94. The molecule has 1 aromatic carbocycles. The Hall–Kier alpha value is -1.52. The number of aliphatic hydroxyl groups excluding tert-OH is 1. The van der Waals surface area contributed by atoms with Crippen LogP contribution in [0.1, 0.15) is 11.8 Å². The van der Waals surface area contributed by atoms with Crippen molar-refractivity contribution in [3.05, 3.63) is 35.0 Å². The fourth-order valence-corrected chi connectivity index (χ4v) is 1.65. The predicted molar refractivity (Wildman–Crippen MR) is 55.9 cm³/mol. The Morgan fingerprint density at radius 2 is 2.20 bits per heavy atom. The highest BCUT2D eigenvalue weighted by atomic mass is 35.5. The molecule has 4 nitrogen and oxygen atoms in total. The first kappa shape index (κ1) is 10.0. The van der Waals surface area contributed by atoms with Gasteiger partial charge in [0, 0.05) is 15.9 Å². The van der Waals surface area contributed by atoms with Crippen LogP contribution >= 0.6 is 11.6 Å². The Balaban J connectivity index is 2.56. The Morgan fingerprint density at radius 1 is 1.47 bits per heavy atom. The number of carbonyl (C=O) groups is 1. The number of aromatic nitrogens is 1. The summed E-state index contributed by atoms with van der Waals surface area (Å²) in [5.41, 5.74) is 0.934. The number of benzene rings is 1. The molecule has 0 aliphatic heterocycles. The van der Waals surface area contributed by atoms with Crippen molar-refractivity contribution < 1.29 is 15.0 Å². The lowest BCUT2D eigenvalue weighted by Crippen LogP contribution is -2.10. The lowest BCUT2D eigenvalue weighted by molar-refractivity contribution is -0.147. The molecule has 1 unspecified atom stereocenters. The topological polar surface area (TPSA) is 73.3 Å². The van der Waals surface area contributed by atoms with Crippen LogP contribution < -0.4 is 0 Å². The molecule has 0 fully saturated rings. The molecule has 0 spiro atoms. The highest BCUT2D eigenvalue weighted by Crippen LogP contribution is 2.26. The van der Waals surface area contributed by atoms with Crippen LogP contribution in [0.5, 0.6) is 0 Å². The van der Waals surface area contributed by atoms with Crippen LogP contribution in [0, 0.1) is 0 Å². The van der Waals surface area contributed by atoms with E-state index in [1.54, 1.807) is 18.2 Å². The number of nitrogens with one attached hydrogen (secondary N) is 1. The first-order valence-electron chi connectivity index (χ1n) is 4.27. The highest BCUT2D eigenvalue weighted by Gasteiger charge is 2.18. The van der Waals surface area contributed by atoms with E-state index in [1.165, 1.54) is 6.07 Å². The molecule has 0 aliphatic carbocycles. The molecule has 0 bridgehead atoms. The highest BCUT2D eigenvalue weighted by molar-refractivity contribution is 6.35. The smallest absolute Gasteiger partial charge is 0.338 e. The summed E-state index contributed by atoms with van der Waals surface area (Å²) in [6.07, 6.45) is -1.55. The normalized spacial score (nSPS) is 12.9. The molecule has 1 atom stereocenters. The average Bonchev–Trinajstić information content (AvgIpc) is 2.61. The van der Waals surface area contributed by atoms with Gasteiger partial charge in [0.1, 0.15) is 0 Å². The van der Waals surface area contributed by atoms with Gasteiger partial charge in [-0.3, -0.25) is 0 Å². The number of hydrogen-bond acceptors (Lipinski definition) is 2. The van der Waals surface area contributed by atoms with Crippen molar-refractivity contribution in [2.75, 3.05) is 0 Å². The van der Waals surface area contributed by atoms with Gasteiger partial charge in [0.25, 0.3) is 0 Å². The molecular formula is C10H8ClNO3. The minimum atomic E-state index is -1.55. The van der Waals surface area contributed by atoms with E-state index >= 15 is 0 Å². The minimum absolute atomic E-state index is 0.227. The van der Waals surface area contributed by atoms with E-state index in [0.717, 1.165) is 0 Å². The van der Waals surface area contributed by atoms with Gasteiger partial charge in [-0.25, -0.2) is 4.79 Å². The van der Waals surface area contributed by atoms with Crippen molar-refractivity contribution in [3.63, 3.8) is 0 Å². The molecule has 15 heavy (non-hydrogen) atoms. The van der Waals surface area contributed by atoms with Gasteiger partial charge in [0.15, 0.2) is 6.10 Å². The first-order valence-corrected chi connectivity index (χ1v) is 4.65. The molecule has 0 saturated carbocycles. The molecule has 0 amide bonds. The summed E-state index contributed by atoms with van der Waals surface area (Å²) < 4.78 is 0. The van der Waals surface area contributed by atoms with Crippen molar-refractivity contribution in [2.45, 2.75) is 6.10 Å². The van der Waals surface area contributed by atoms with Gasteiger partial charge in [-0.2, -0.15) is 0 Å². The van der Waals surface area contributed by atoms with E-state index in [9.17, 15) is 9.90 Å². The second kappa shape index (κ2) is 3.56. The van der Waals surface area contributed by atoms with Gasteiger partial charge >= 0.3 is 5.97 Å². The lowest BCUT2D eigenvalue weighted by Gasteiger charge is -2.00. The van der Waals surface area contributed by atoms with Gasteiger partial charge in [-0.1, -0.05) is 17.7 Å². The summed E-state index contributed by atoms with van der Waals surface area (Å²) in [5.74, 6) is -1.29. The van der Waals surface area contributed by atoms with Crippen molar-refractivity contribution in [1.82, 2.24) is 4.98 Å². The summed E-state index contributed by atoms with van der Waals surface area (Å²) in [7, 11) is 0. The van der Waals surface area contributed by atoms with E-state index < -0.39 is 12.1 Å². The molecular weight excluding hydrogens is 218 g/mol. The van der Waals surface area contributed by atoms with Crippen LogP contribution in [0.25, 0.3) is 10.9 Å². The molecule has 2 rings (SSSR count). The van der Waals surface area contributed by atoms with E-state index in [2.05, 4.69) is 4.98 Å². The maximum atomic E-state index is 10.6. The number of aromatic amines is 1. The molecule has 3 N–H and O–H groups in total. The van der Waals surface area contributed by atoms with Gasteiger partial charge in [0.05, 0.1) is 5.69 Å². The third-order valence-electron chi connectivity index (χ3n) is 2.16. The van der Waals surface area contributed by atoms with Crippen LogP contribution in [-0.2, 0) is 4.79 Å². The summed E-state index contributed by atoms with van der Waals surface area (Å²) in [5, 5.41) is 19.2. The van der Waals surface area contributed by atoms with Crippen molar-refractivity contribution in [1.29, 1.82) is 0 Å². The zero-order valence-corrected chi connectivity index (χ0v) is 8.32. The maximum Gasteiger partial charge on any atom is 0.338 e. The fraction of sp³-hybridized carbons (Fsp3) is 0.100. The SMILES string of the molecule is O=C(O)C(O)c1cc2c(Cl)cccc2[nH]1. The zero-order valence-electron chi connectivity index (χ0n) is 7.57. The van der Waals surface area contributed by atoms with E-state index in [1.807, 2.05) is 0 Å². The second-order valence-corrected chi connectivity index (χ2v) is 3.57. The third kappa shape index (κ3) is 1.69. The van der Waals surface area contributed by atoms with Gasteiger partial charge in [0.2, 0.25) is 0 Å². The number of aliphatic carboxylic acids is 1. The Bertz CT molecular complexity index is 520. The standard InChI is InChI=1S/C10H8ClNO3/c11-6-2-1-3-7-5(6)4-8(12-7)9(13)10(14)15/h1-4,9,12-13H,(H,14,15). The molecule has 1 aromatic heterocycles. The maximum absolute atomic E-state index is 10.6.